The highest BCUT2D eigenvalue weighted by Crippen LogP contribution is 2.18. The Kier molecular flexibility index (Phi) is 7.89. The van der Waals surface area contributed by atoms with Gasteiger partial charge in [-0.05, 0) is 29.8 Å². The molecule has 0 aliphatic carbocycles. The Morgan fingerprint density at radius 1 is 1.06 bits per heavy atom. The summed E-state index contributed by atoms with van der Waals surface area (Å²) in [5.74, 6) is -0.464. The van der Waals surface area contributed by atoms with Gasteiger partial charge >= 0.3 is 6.09 Å². The van der Waals surface area contributed by atoms with E-state index in [0.29, 0.717) is 31.7 Å². The lowest BCUT2D eigenvalue weighted by atomic mass is 10.1. The first-order valence-corrected chi connectivity index (χ1v) is 12.1. The minimum absolute atomic E-state index is 0.0776. The molecule has 0 aromatic heterocycles. The van der Waals surface area contributed by atoms with Crippen molar-refractivity contribution in [1.29, 1.82) is 0 Å². The van der Waals surface area contributed by atoms with Crippen LogP contribution < -0.4 is 10.6 Å². The van der Waals surface area contributed by atoms with Crippen LogP contribution in [0.1, 0.15) is 18.4 Å². The number of carbonyl (C=O) groups excluding carboxylic acids is 2. The van der Waals surface area contributed by atoms with E-state index in [4.69, 9.17) is 20.2 Å². The van der Waals surface area contributed by atoms with E-state index in [1.54, 1.807) is 0 Å². The monoisotopic (exact) mass is 466 g/mol. The van der Waals surface area contributed by atoms with E-state index < -0.39 is 27.1 Å². The molecule has 31 heavy (non-hydrogen) atoms. The van der Waals surface area contributed by atoms with Gasteiger partial charge in [-0.1, -0.05) is 30.3 Å². The molecule has 1 aliphatic rings. The van der Waals surface area contributed by atoms with Gasteiger partial charge < -0.3 is 20.1 Å². The van der Waals surface area contributed by atoms with Crippen molar-refractivity contribution in [3.8, 4) is 0 Å². The molecule has 1 aliphatic heterocycles. The van der Waals surface area contributed by atoms with Crippen LogP contribution in [0.3, 0.4) is 0 Å². The second kappa shape index (κ2) is 10.6. The first kappa shape index (κ1) is 23.1. The lowest BCUT2D eigenvalue weighted by Gasteiger charge is -2.24. The number of hydrogen-bond donors (Lipinski definition) is 2. The van der Waals surface area contributed by atoms with Gasteiger partial charge in [-0.3, -0.25) is 4.79 Å². The van der Waals surface area contributed by atoms with Crippen LogP contribution >= 0.6 is 10.7 Å². The quantitative estimate of drug-likeness (QED) is 0.607. The summed E-state index contributed by atoms with van der Waals surface area (Å²) in [7, 11) is 1.45. The molecule has 3 rings (SSSR count). The molecule has 2 N–H and O–H groups in total. The number of ether oxygens (including phenoxy) is 2. The number of anilines is 1. The van der Waals surface area contributed by atoms with Gasteiger partial charge in [0.05, 0.1) is 18.1 Å². The Hall–Kier alpha value is -2.62. The molecule has 1 fully saturated rings. The SMILES string of the molecule is O=C(NC(Cc1ccccc1)C(=O)Nc1ccc(S(=O)(=O)Cl)cc1)OC1CCOCC1. The maximum atomic E-state index is 12.9. The average molecular weight is 467 g/mol. The summed E-state index contributed by atoms with van der Waals surface area (Å²) in [4.78, 5) is 25.2. The normalized spacial score (nSPS) is 15.6. The van der Waals surface area contributed by atoms with Crippen molar-refractivity contribution in [2.45, 2.75) is 36.3 Å². The van der Waals surface area contributed by atoms with Crippen molar-refractivity contribution < 1.29 is 27.5 Å². The number of alkyl carbamates (subject to hydrolysis) is 1. The fraction of sp³-hybridized carbons (Fsp3) is 0.333. The average Bonchev–Trinajstić information content (AvgIpc) is 2.74. The first-order valence-electron chi connectivity index (χ1n) is 9.75. The molecule has 1 saturated heterocycles. The van der Waals surface area contributed by atoms with E-state index in [1.807, 2.05) is 30.3 Å². The van der Waals surface area contributed by atoms with Gasteiger partial charge in [-0.25, -0.2) is 13.2 Å². The highest BCUT2D eigenvalue weighted by atomic mass is 35.7. The minimum atomic E-state index is -3.86. The van der Waals surface area contributed by atoms with Gasteiger partial charge in [0, 0.05) is 35.6 Å². The van der Waals surface area contributed by atoms with Crippen LogP contribution in [0.2, 0.25) is 0 Å². The minimum Gasteiger partial charge on any atom is -0.446 e. The molecule has 166 valence electrons. The molecule has 1 unspecified atom stereocenters. The predicted octanol–water partition coefficient (Wildman–Crippen LogP) is 3.07. The molecular formula is C21H23ClN2O6S. The van der Waals surface area contributed by atoms with Crippen molar-refractivity contribution >= 4 is 37.4 Å². The molecule has 1 atom stereocenters. The Balaban J connectivity index is 1.68. The zero-order valence-electron chi connectivity index (χ0n) is 16.6. The highest BCUT2D eigenvalue weighted by Gasteiger charge is 2.25. The molecule has 2 aromatic carbocycles. The summed E-state index contributed by atoms with van der Waals surface area (Å²) in [6, 6.07) is 13.8. The molecule has 1 heterocycles. The molecule has 2 amide bonds. The van der Waals surface area contributed by atoms with Crippen LogP contribution in [-0.4, -0.2) is 45.8 Å². The zero-order chi connectivity index (χ0) is 22.3. The Labute approximate surface area is 185 Å². The van der Waals surface area contributed by atoms with E-state index in [-0.39, 0.29) is 17.4 Å². The van der Waals surface area contributed by atoms with Crippen LogP contribution in [0.15, 0.2) is 59.5 Å². The van der Waals surface area contributed by atoms with Gasteiger partial charge in [0.2, 0.25) is 5.91 Å². The van der Waals surface area contributed by atoms with Gasteiger partial charge in [0.1, 0.15) is 12.1 Å². The molecule has 0 spiro atoms. The summed E-state index contributed by atoms with van der Waals surface area (Å²) in [5, 5.41) is 5.32. The maximum Gasteiger partial charge on any atom is 0.408 e. The third-order valence-corrected chi connectivity index (χ3v) is 6.11. The van der Waals surface area contributed by atoms with Gasteiger partial charge in [0.25, 0.3) is 9.05 Å². The summed E-state index contributed by atoms with van der Waals surface area (Å²) < 4.78 is 33.4. The second-order valence-corrected chi connectivity index (χ2v) is 9.62. The number of amides is 2. The zero-order valence-corrected chi connectivity index (χ0v) is 18.2. The van der Waals surface area contributed by atoms with Gasteiger partial charge in [-0.15, -0.1) is 0 Å². The Morgan fingerprint density at radius 3 is 2.32 bits per heavy atom. The van der Waals surface area contributed by atoms with Crippen LogP contribution in [0.4, 0.5) is 10.5 Å². The largest absolute Gasteiger partial charge is 0.446 e. The number of rotatable bonds is 7. The van der Waals surface area contributed by atoms with E-state index in [1.165, 1.54) is 24.3 Å². The van der Waals surface area contributed by atoms with Crippen molar-refractivity contribution in [3.63, 3.8) is 0 Å². The van der Waals surface area contributed by atoms with Crippen LogP contribution in [-0.2, 0) is 29.7 Å². The van der Waals surface area contributed by atoms with Crippen LogP contribution in [0.25, 0.3) is 0 Å². The summed E-state index contributed by atoms with van der Waals surface area (Å²) in [6.07, 6.45) is 0.548. The summed E-state index contributed by atoms with van der Waals surface area (Å²) >= 11 is 0. The smallest absolute Gasteiger partial charge is 0.408 e. The lowest BCUT2D eigenvalue weighted by Crippen LogP contribution is -2.46. The molecule has 0 saturated carbocycles. The van der Waals surface area contributed by atoms with Crippen molar-refractivity contribution in [2.75, 3.05) is 18.5 Å². The number of halogens is 1. The highest BCUT2D eigenvalue weighted by molar-refractivity contribution is 8.13. The van der Waals surface area contributed by atoms with Gasteiger partial charge in [-0.2, -0.15) is 0 Å². The van der Waals surface area contributed by atoms with Crippen molar-refractivity contribution in [2.24, 2.45) is 0 Å². The second-order valence-electron chi connectivity index (χ2n) is 7.06. The van der Waals surface area contributed by atoms with E-state index in [0.717, 1.165) is 5.56 Å². The summed E-state index contributed by atoms with van der Waals surface area (Å²) in [6.45, 7) is 1.06. The first-order chi connectivity index (χ1) is 14.8. The number of benzene rings is 2. The van der Waals surface area contributed by atoms with Crippen molar-refractivity contribution in [3.05, 3.63) is 60.2 Å². The number of carbonyl (C=O) groups is 2. The van der Waals surface area contributed by atoms with E-state index >= 15 is 0 Å². The fourth-order valence-corrected chi connectivity index (χ4v) is 3.88. The molecule has 8 nitrogen and oxygen atoms in total. The molecule has 0 bridgehead atoms. The molecule has 2 aromatic rings. The Bertz CT molecular complexity index is 992. The lowest BCUT2D eigenvalue weighted by molar-refractivity contribution is -0.118. The van der Waals surface area contributed by atoms with Crippen molar-refractivity contribution in [1.82, 2.24) is 5.32 Å². The third kappa shape index (κ3) is 7.23. The van der Waals surface area contributed by atoms with Gasteiger partial charge in [0.15, 0.2) is 0 Å². The predicted molar refractivity (Wildman–Crippen MR) is 116 cm³/mol. The van der Waals surface area contributed by atoms with E-state index in [2.05, 4.69) is 10.6 Å². The topological polar surface area (TPSA) is 111 Å². The van der Waals surface area contributed by atoms with Crippen LogP contribution in [0.5, 0.6) is 0 Å². The Morgan fingerprint density at radius 2 is 1.71 bits per heavy atom. The molecular weight excluding hydrogens is 444 g/mol. The third-order valence-electron chi connectivity index (χ3n) is 4.74. The number of hydrogen-bond acceptors (Lipinski definition) is 6. The van der Waals surface area contributed by atoms with E-state index in [9.17, 15) is 18.0 Å². The molecule has 0 radical (unpaired) electrons. The summed E-state index contributed by atoms with van der Waals surface area (Å²) in [5.41, 5.74) is 1.23. The standard InChI is InChI=1S/C21H23ClN2O6S/c22-31(27,28)18-8-6-16(7-9-18)23-20(25)19(14-15-4-2-1-3-5-15)24-21(26)30-17-10-12-29-13-11-17/h1-9,17,19H,10-14H2,(H,23,25)(H,24,26). The number of nitrogens with one attached hydrogen (secondary N) is 2. The maximum absolute atomic E-state index is 12.9. The van der Waals surface area contributed by atoms with Crippen LogP contribution in [0, 0.1) is 0 Å². The fourth-order valence-electron chi connectivity index (χ4n) is 3.11. The molecule has 10 heteroatoms.